The number of benzene rings is 1. The molecule has 1 atom stereocenters. The van der Waals surface area contributed by atoms with Crippen molar-refractivity contribution < 1.29 is 9.53 Å². The van der Waals surface area contributed by atoms with Gasteiger partial charge in [-0.05, 0) is 24.6 Å². The quantitative estimate of drug-likeness (QED) is 0.630. The lowest BCUT2D eigenvalue weighted by atomic mass is 9.86. The van der Waals surface area contributed by atoms with Crippen molar-refractivity contribution in [3.63, 3.8) is 0 Å². The fourth-order valence-corrected chi connectivity index (χ4v) is 2.89. The van der Waals surface area contributed by atoms with Crippen molar-refractivity contribution in [2.45, 2.75) is 18.9 Å². The molecule has 0 amide bonds. The maximum atomic E-state index is 11.7. The number of ether oxygens (including phenoxy) is 1. The maximum absolute atomic E-state index is 11.7. The molecule has 0 unspecified atom stereocenters. The van der Waals surface area contributed by atoms with E-state index < -0.39 is 5.60 Å². The van der Waals surface area contributed by atoms with E-state index in [1.165, 1.54) is 0 Å². The molecule has 2 aromatic rings. The van der Waals surface area contributed by atoms with Gasteiger partial charge in [0.25, 0.3) is 0 Å². The Bertz CT molecular complexity index is 732. The number of hydrogen-bond acceptors (Lipinski definition) is 3. The number of esters is 1. The molecule has 5 heteroatoms. The third kappa shape index (κ3) is 2.36. The van der Waals surface area contributed by atoms with Crippen molar-refractivity contribution >= 4 is 17.6 Å². The first kappa shape index (κ1) is 13.9. The van der Waals surface area contributed by atoms with E-state index in [-0.39, 0.29) is 5.97 Å². The highest BCUT2D eigenvalue weighted by molar-refractivity contribution is 6.30. The van der Waals surface area contributed by atoms with Gasteiger partial charge in [-0.2, -0.15) is 5.10 Å². The Morgan fingerprint density at radius 2 is 2.24 bits per heavy atom. The molecule has 0 aliphatic carbocycles. The molecule has 1 aliphatic heterocycles. The van der Waals surface area contributed by atoms with Crippen molar-refractivity contribution in [2.75, 3.05) is 0 Å². The van der Waals surface area contributed by atoms with Gasteiger partial charge in [-0.15, -0.1) is 0 Å². The molecule has 4 nitrogen and oxygen atoms in total. The minimum absolute atomic E-state index is 0.343. The molecule has 3 rings (SSSR count). The molecule has 1 aliphatic rings. The van der Waals surface area contributed by atoms with Gasteiger partial charge in [0, 0.05) is 41.4 Å². The number of nitrogens with zero attached hydrogens (tertiary/aromatic N) is 2. The van der Waals surface area contributed by atoms with Gasteiger partial charge in [-0.1, -0.05) is 24.2 Å². The van der Waals surface area contributed by atoms with Gasteiger partial charge in [0.15, 0.2) is 0 Å². The number of hydrogen-bond donors (Lipinski definition) is 0. The molecule has 1 saturated heterocycles. The van der Waals surface area contributed by atoms with Gasteiger partial charge in [0.1, 0.15) is 5.60 Å². The van der Waals surface area contributed by atoms with Crippen LogP contribution in [0.2, 0.25) is 5.02 Å². The highest BCUT2D eigenvalue weighted by Crippen LogP contribution is 2.43. The molecular formula is C16H15ClN2O2. The molecule has 0 saturated carbocycles. The lowest BCUT2D eigenvalue weighted by molar-refractivity contribution is -0.145. The second kappa shape index (κ2) is 4.74. The molecule has 108 valence electrons. The number of aromatic nitrogens is 2. The predicted molar refractivity (Wildman–Crippen MR) is 80.9 cm³/mol. The second-order valence-corrected chi connectivity index (χ2v) is 5.93. The first-order chi connectivity index (χ1) is 9.89. The normalized spacial score (nSPS) is 21.7. The van der Waals surface area contributed by atoms with Crippen LogP contribution in [0.5, 0.6) is 0 Å². The third-order valence-corrected chi connectivity index (χ3v) is 3.96. The first-order valence-corrected chi connectivity index (χ1v) is 6.97. The third-order valence-electron chi connectivity index (χ3n) is 3.72. The van der Waals surface area contributed by atoms with Crippen LogP contribution in [0.1, 0.15) is 18.9 Å². The van der Waals surface area contributed by atoms with Crippen LogP contribution in [-0.2, 0) is 22.2 Å². The summed E-state index contributed by atoms with van der Waals surface area (Å²) in [6, 6.07) is 5.57. The lowest BCUT2D eigenvalue weighted by Crippen LogP contribution is -2.21. The van der Waals surface area contributed by atoms with Gasteiger partial charge in [0.05, 0.1) is 6.20 Å². The second-order valence-electron chi connectivity index (χ2n) is 5.49. The molecule has 1 fully saturated rings. The number of aryl methyl sites for hydroxylation is 1. The Labute approximate surface area is 128 Å². The summed E-state index contributed by atoms with van der Waals surface area (Å²) in [6.45, 7) is 5.66. The van der Waals surface area contributed by atoms with Crippen LogP contribution in [0.3, 0.4) is 0 Å². The molecular weight excluding hydrogens is 288 g/mol. The molecule has 1 aromatic carbocycles. The monoisotopic (exact) mass is 302 g/mol. The van der Waals surface area contributed by atoms with E-state index in [2.05, 4.69) is 11.7 Å². The van der Waals surface area contributed by atoms with E-state index in [0.29, 0.717) is 17.0 Å². The van der Waals surface area contributed by atoms with E-state index in [1.54, 1.807) is 16.9 Å². The van der Waals surface area contributed by atoms with Gasteiger partial charge in [-0.3, -0.25) is 4.68 Å². The van der Waals surface area contributed by atoms with E-state index in [4.69, 9.17) is 16.3 Å². The smallest absolute Gasteiger partial charge is 0.334 e. The van der Waals surface area contributed by atoms with Crippen LogP contribution >= 0.6 is 11.6 Å². The van der Waals surface area contributed by atoms with E-state index >= 15 is 0 Å². The molecule has 2 heterocycles. The summed E-state index contributed by atoms with van der Waals surface area (Å²) in [5, 5.41) is 4.82. The number of cyclic esters (lactones) is 1. The van der Waals surface area contributed by atoms with Crippen LogP contribution in [-0.4, -0.2) is 15.7 Å². The largest absolute Gasteiger partial charge is 0.451 e. The highest BCUT2D eigenvalue weighted by Gasteiger charge is 2.41. The molecule has 1 aromatic heterocycles. The fourth-order valence-electron chi connectivity index (χ4n) is 2.72. The summed E-state index contributed by atoms with van der Waals surface area (Å²) in [6.07, 6.45) is 4.15. The van der Waals surface area contributed by atoms with Crippen molar-refractivity contribution in [3.8, 4) is 11.1 Å². The number of carbonyl (C=O) groups is 1. The summed E-state index contributed by atoms with van der Waals surface area (Å²) in [5.74, 6) is -0.343. The Hall–Kier alpha value is -2.07. The summed E-state index contributed by atoms with van der Waals surface area (Å²) in [7, 11) is 1.85. The van der Waals surface area contributed by atoms with E-state index in [0.717, 1.165) is 16.7 Å². The average molecular weight is 303 g/mol. The maximum Gasteiger partial charge on any atom is 0.334 e. The standard InChI is InChI=1S/C16H15ClN2O2/c1-10-7-16(2,21-15(10)20)14-5-4-12(17)6-13(14)11-8-18-19(3)9-11/h4-6,8-9H,1,7H2,2-3H3/t16-/m0/s1. The van der Waals surface area contributed by atoms with Gasteiger partial charge >= 0.3 is 5.97 Å². The molecule has 0 radical (unpaired) electrons. The van der Waals surface area contributed by atoms with Crippen LogP contribution in [0.4, 0.5) is 0 Å². The Kier molecular flexibility index (Phi) is 3.14. The van der Waals surface area contributed by atoms with Crippen molar-refractivity contribution in [1.29, 1.82) is 0 Å². The summed E-state index contributed by atoms with van der Waals surface area (Å²) in [5.41, 5.74) is 2.53. The number of rotatable bonds is 2. The Balaban J connectivity index is 2.15. The Morgan fingerprint density at radius 1 is 1.48 bits per heavy atom. The van der Waals surface area contributed by atoms with Gasteiger partial charge in [0.2, 0.25) is 0 Å². The molecule has 21 heavy (non-hydrogen) atoms. The molecule has 0 N–H and O–H groups in total. The first-order valence-electron chi connectivity index (χ1n) is 6.59. The van der Waals surface area contributed by atoms with Crippen LogP contribution < -0.4 is 0 Å². The van der Waals surface area contributed by atoms with Crippen LogP contribution in [0.15, 0.2) is 42.7 Å². The molecule has 0 spiro atoms. The SMILES string of the molecule is C=C1C[C@@](C)(c2ccc(Cl)cc2-c2cnn(C)c2)OC1=O. The Morgan fingerprint density at radius 3 is 2.81 bits per heavy atom. The van der Waals surface area contributed by atoms with Gasteiger partial charge < -0.3 is 4.74 Å². The predicted octanol–water partition coefficient (Wildman–Crippen LogP) is 3.46. The highest BCUT2D eigenvalue weighted by atomic mass is 35.5. The van der Waals surface area contributed by atoms with E-state index in [9.17, 15) is 4.79 Å². The van der Waals surface area contributed by atoms with Gasteiger partial charge in [-0.25, -0.2) is 4.79 Å². The number of carbonyl (C=O) groups excluding carboxylic acids is 1. The summed E-state index contributed by atoms with van der Waals surface area (Å²) >= 11 is 6.13. The fraction of sp³-hybridized carbons (Fsp3) is 0.250. The summed E-state index contributed by atoms with van der Waals surface area (Å²) < 4.78 is 7.27. The number of halogens is 1. The lowest BCUT2D eigenvalue weighted by Gasteiger charge is -2.25. The average Bonchev–Trinajstić information content (AvgIpc) is 2.94. The summed E-state index contributed by atoms with van der Waals surface area (Å²) in [4.78, 5) is 11.7. The zero-order valence-corrected chi connectivity index (χ0v) is 12.6. The zero-order chi connectivity index (χ0) is 15.2. The minimum atomic E-state index is -0.718. The van der Waals surface area contributed by atoms with Crippen LogP contribution in [0.25, 0.3) is 11.1 Å². The zero-order valence-electron chi connectivity index (χ0n) is 11.9. The van der Waals surface area contributed by atoms with Crippen molar-refractivity contribution in [3.05, 3.63) is 53.3 Å². The van der Waals surface area contributed by atoms with Crippen LogP contribution in [0, 0.1) is 0 Å². The molecule has 0 bridgehead atoms. The van der Waals surface area contributed by atoms with Crippen molar-refractivity contribution in [1.82, 2.24) is 9.78 Å². The van der Waals surface area contributed by atoms with E-state index in [1.807, 2.05) is 32.3 Å². The minimum Gasteiger partial charge on any atom is -0.451 e. The van der Waals surface area contributed by atoms with Crippen molar-refractivity contribution in [2.24, 2.45) is 7.05 Å². The topological polar surface area (TPSA) is 44.1 Å².